The van der Waals surface area contributed by atoms with Gasteiger partial charge in [-0.15, -0.1) is 0 Å². The van der Waals surface area contributed by atoms with E-state index in [-0.39, 0.29) is 5.78 Å². The van der Waals surface area contributed by atoms with Crippen molar-refractivity contribution in [1.29, 1.82) is 0 Å². The monoisotopic (exact) mass is 192 g/mol. The second kappa shape index (κ2) is 4.56. The van der Waals surface area contributed by atoms with Gasteiger partial charge in [-0.25, -0.2) is 0 Å². The van der Waals surface area contributed by atoms with Crippen LogP contribution in [0.4, 0.5) is 0 Å². The molecule has 0 heterocycles. The van der Waals surface area contributed by atoms with Crippen molar-refractivity contribution in [3.05, 3.63) is 10.7 Å². The molecular weight excluding hydrogens is 184 g/mol. The molecule has 0 aromatic rings. The van der Waals surface area contributed by atoms with Crippen LogP contribution in [0.1, 0.15) is 13.8 Å². The molecular formula is C6H9BrO2. The Morgan fingerprint density at radius 3 is 2.67 bits per heavy atom. The van der Waals surface area contributed by atoms with E-state index < -0.39 is 0 Å². The highest BCUT2D eigenvalue weighted by molar-refractivity contribution is 9.12. The maximum absolute atomic E-state index is 10.5. The van der Waals surface area contributed by atoms with Gasteiger partial charge in [-0.3, -0.25) is 4.79 Å². The van der Waals surface area contributed by atoms with Gasteiger partial charge in [0.2, 0.25) is 0 Å². The van der Waals surface area contributed by atoms with Crippen LogP contribution in [-0.4, -0.2) is 12.4 Å². The van der Waals surface area contributed by atoms with E-state index in [4.69, 9.17) is 4.74 Å². The van der Waals surface area contributed by atoms with Crippen molar-refractivity contribution in [2.45, 2.75) is 13.8 Å². The number of hydrogen-bond donors (Lipinski definition) is 0. The third-order valence-corrected chi connectivity index (χ3v) is 1.44. The molecule has 0 aliphatic rings. The normalized spacial score (nSPS) is 11.2. The molecule has 0 saturated heterocycles. The number of hydrogen-bond acceptors (Lipinski definition) is 2. The molecule has 0 N–H and O–H groups in total. The number of ether oxygens (including phenoxy) is 1. The van der Waals surface area contributed by atoms with Gasteiger partial charge in [0, 0.05) is 0 Å². The van der Waals surface area contributed by atoms with Crippen LogP contribution in [0.15, 0.2) is 10.7 Å². The van der Waals surface area contributed by atoms with Crippen LogP contribution in [0, 0.1) is 0 Å². The summed E-state index contributed by atoms with van der Waals surface area (Å²) in [7, 11) is 0. The number of halogens is 1. The Kier molecular flexibility index (Phi) is 4.40. The minimum absolute atomic E-state index is 0.0246. The maximum atomic E-state index is 10.5. The maximum Gasteiger partial charge on any atom is 0.169 e. The van der Waals surface area contributed by atoms with E-state index in [0.29, 0.717) is 11.1 Å². The Balaban J connectivity index is 3.69. The summed E-state index contributed by atoms with van der Waals surface area (Å²) in [5.41, 5.74) is 0. The summed E-state index contributed by atoms with van der Waals surface area (Å²) < 4.78 is 5.30. The largest absolute Gasteiger partial charge is 0.500 e. The minimum atomic E-state index is -0.0246. The second-order valence-corrected chi connectivity index (χ2v) is 2.33. The third-order valence-electron chi connectivity index (χ3n) is 0.690. The van der Waals surface area contributed by atoms with Crippen molar-refractivity contribution in [1.82, 2.24) is 0 Å². The van der Waals surface area contributed by atoms with Gasteiger partial charge in [0.25, 0.3) is 0 Å². The molecule has 0 saturated carbocycles. The number of carbonyl (C=O) groups is 1. The number of allylic oxidation sites excluding steroid dienone is 1. The lowest BCUT2D eigenvalue weighted by Crippen LogP contribution is -1.89. The number of ketones is 1. The Morgan fingerprint density at radius 2 is 2.33 bits per heavy atom. The van der Waals surface area contributed by atoms with E-state index >= 15 is 0 Å². The van der Waals surface area contributed by atoms with Gasteiger partial charge in [-0.1, -0.05) is 0 Å². The summed E-state index contributed by atoms with van der Waals surface area (Å²) in [4.78, 5) is 10.5. The molecule has 0 spiro atoms. The first-order chi connectivity index (χ1) is 4.18. The zero-order chi connectivity index (χ0) is 7.28. The Bertz CT molecular complexity index is 129. The average Bonchev–Trinajstić information content (AvgIpc) is 1.82. The molecule has 0 aliphatic carbocycles. The van der Waals surface area contributed by atoms with Crippen molar-refractivity contribution in [2.75, 3.05) is 6.61 Å². The fraction of sp³-hybridized carbons (Fsp3) is 0.500. The molecule has 3 heteroatoms. The Labute approximate surface area is 63.0 Å². The number of rotatable bonds is 3. The lowest BCUT2D eigenvalue weighted by molar-refractivity contribution is -0.113. The Hall–Kier alpha value is -0.310. The molecule has 0 aromatic heterocycles. The third kappa shape index (κ3) is 4.21. The molecule has 0 radical (unpaired) electrons. The number of Topliss-reactive ketones (excluding diaryl/α,β-unsaturated/α-hetero) is 1. The van der Waals surface area contributed by atoms with Gasteiger partial charge in [-0.2, -0.15) is 0 Å². The first-order valence-corrected chi connectivity index (χ1v) is 3.46. The zero-order valence-electron chi connectivity index (χ0n) is 5.48. The summed E-state index contributed by atoms with van der Waals surface area (Å²) in [6.45, 7) is 3.92. The first-order valence-electron chi connectivity index (χ1n) is 2.66. The van der Waals surface area contributed by atoms with Crippen molar-refractivity contribution < 1.29 is 9.53 Å². The van der Waals surface area contributed by atoms with Crippen LogP contribution in [0.2, 0.25) is 0 Å². The SMILES string of the molecule is CCOC=C(Br)C(C)=O. The molecule has 0 atom stereocenters. The smallest absolute Gasteiger partial charge is 0.169 e. The molecule has 2 nitrogen and oxygen atoms in total. The van der Waals surface area contributed by atoms with Crippen LogP contribution in [0.5, 0.6) is 0 Å². The first kappa shape index (κ1) is 8.69. The van der Waals surface area contributed by atoms with Crippen molar-refractivity contribution in [2.24, 2.45) is 0 Å². The lowest BCUT2D eigenvalue weighted by Gasteiger charge is -1.93. The predicted octanol–water partition coefficient (Wildman–Crippen LogP) is 1.85. The van der Waals surface area contributed by atoms with Crippen LogP contribution in [0.3, 0.4) is 0 Å². The highest BCUT2D eigenvalue weighted by Gasteiger charge is 1.95. The van der Waals surface area contributed by atoms with Gasteiger partial charge in [0.15, 0.2) is 5.78 Å². The molecule has 0 aromatic carbocycles. The van der Waals surface area contributed by atoms with Crippen molar-refractivity contribution in [3.63, 3.8) is 0 Å². The molecule has 52 valence electrons. The molecule has 0 unspecified atom stereocenters. The van der Waals surface area contributed by atoms with Crippen molar-refractivity contribution in [3.8, 4) is 0 Å². The highest BCUT2D eigenvalue weighted by atomic mass is 79.9. The fourth-order valence-electron chi connectivity index (χ4n) is 0.239. The molecule has 0 fully saturated rings. The highest BCUT2D eigenvalue weighted by Crippen LogP contribution is 2.04. The van der Waals surface area contributed by atoms with Gasteiger partial charge >= 0.3 is 0 Å². The summed E-state index contributed by atoms with van der Waals surface area (Å²) in [5, 5.41) is 0. The summed E-state index contributed by atoms with van der Waals surface area (Å²) in [6, 6.07) is 0. The molecule has 0 amide bonds. The van der Waals surface area contributed by atoms with E-state index in [1.807, 2.05) is 6.92 Å². The van der Waals surface area contributed by atoms with Gasteiger partial charge in [0.1, 0.15) is 6.26 Å². The average molecular weight is 193 g/mol. The van der Waals surface area contributed by atoms with Crippen LogP contribution < -0.4 is 0 Å². The second-order valence-electron chi connectivity index (χ2n) is 1.48. The van der Waals surface area contributed by atoms with E-state index in [9.17, 15) is 4.79 Å². The molecule has 0 rings (SSSR count). The van der Waals surface area contributed by atoms with Crippen molar-refractivity contribution >= 4 is 21.7 Å². The van der Waals surface area contributed by atoms with E-state index in [2.05, 4.69) is 15.9 Å². The predicted molar refractivity (Wildman–Crippen MR) is 39.3 cm³/mol. The quantitative estimate of drug-likeness (QED) is 0.505. The lowest BCUT2D eigenvalue weighted by atomic mass is 10.4. The van der Waals surface area contributed by atoms with Crippen LogP contribution in [-0.2, 0) is 9.53 Å². The molecule has 0 bridgehead atoms. The molecule has 0 aliphatic heterocycles. The summed E-state index contributed by atoms with van der Waals surface area (Å²) in [5.74, 6) is -0.0246. The fourth-order valence-corrected chi connectivity index (χ4v) is 0.372. The summed E-state index contributed by atoms with van der Waals surface area (Å²) >= 11 is 3.03. The van der Waals surface area contributed by atoms with Gasteiger partial charge < -0.3 is 4.74 Å². The summed E-state index contributed by atoms with van der Waals surface area (Å²) in [6.07, 6.45) is 1.41. The standard InChI is InChI=1S/C6H9BrO2/c1-3-9-4-6(7)5(2)8/h4H,3H2,1-2H3. The zero-order valence-corrected chi connectivity index (χ0v) is 7.06. The van der Waals surface area contributed by atoms with Crippen LogP contribution >= 0.6 is 15.9 Å². The van der Waals surface area contributed by atoms with Crippen LogP contribution in [0.25, 0.3) is 0 Å². The van der Waals surface area contributed by atoms with Gasteiger partial charge in [-0.05, 0) is 29.8 Å². The molecule has 9 heavy (non-hydrogen) atoms. The number of carbonyl (C=O) groups excluding carboxylic acids is 1. The van der Waals surface area contributed by atoms with E-state index in [1.165, 1.54) is 13.2 Å². The van der Waals surface area contributed by atoms with E-state index in [0.717, 1.165) is 0 Å². The Morgan fingerprint density at radius 1 is 1.78 bits per heavy atom. The topological polar surface area (TPSA) is 26.3 Å². The van der Waals surface area contributed by atoms with E-state index in [1.54, 1.807) is 0 Å². The van der Waals surface area contributed by atoms with Gasteiger partial charge in [0.05, 0.1) is 11.1 Å². The minimum Gasteiger partial charge on any atom is -0.500 e.